The van der Waals surface area contributed by atoms with Crippen LogP contribution in [-0.4, -0.2) is 13.8 Å². The van der Waals surface area contributed by atoms with Crippen LogP contribution in [0, 0.1) is 0 Å². The van der Waals surface area contributed by atoms with Crippen LogP contribution in [0.15, 0.2) is 38.2 Å². The number of benzene rings is 1. The fraction of sp³-hybridized carbons (Fsp3) is 0.556. The second-order valence-corrected chi connectivity index (χ2v) is 18.4. The van der Waals surface area contributed by atoms with Gasteiger partial charge in [0.25, 0.3) is 0 Å². The number of aromatic nitrogens is 1. The van der Waals surface area contributed by atoms with Crippen molar-refractivity contribution in [1.82, 2.24) is 4.98 Å². The Morgan fingerprint density at radius 1 is 0.875 bits per heavy atom. The number of H-pyrrole nitrogens is 1. The van der Waals surface area contributed by atoms with Crippen LogP contribution in [0.3, 0.4) is 0 Å². The molecular weight excluding hydrogens is 529 g/mol. The molecule has 0 saturated carbocycles. The molecule has 1 aliphatic carbocycles. The number of fused-ring (bicyclic) bond motifs is 1. The Balaban J connectivity index is 0.00000256. The number of rotatable bonds is 3. The Morgan fingerprint density at radius 2 is 1.44 bits per heavy atom. The number of hydrogen-bond donors (Lipinski definition) is 1. The molecule has 0 fully saturated rings. The van der Waals surface area contributed by atoms with Gasteiger partial charge in [0.15, 0.2) is 0 Å². The molecule has 1 aromatic heterocycles. The van der Waals surface area contributed by atoms with Gasteiger partial charge < -0.3 is 24.8 Å². The van der Waals surface area contributed by atoms with Crippen LogP contribution in [0.25, 0.3) is 10.9 Å². The summed E-state index contributed by atoms with van der Waals surface area (Å²) >= 11 is -0.971. The molecule has 1 aliphatic rings. The number of halogens is 2. The van der Waals surface area contributed by atoms with E-state index in [1.54, 1.807) is 25.7 Å². The van der Waals surface area contributed by atoms with Crippen LogP contribution in [-0.2, 0) is 34.1 Å². The van der Waals surface area contributed by atoms with Gasteiger partial charge in [0.2, 0.25) is 0 Å². The molecule has 3 rings (SSSR count). The van der Waals surface area contributed by atoms with Crippen molar-refractivity contribution in [2.75, 3.05) is 0 Å². The number of hydrogen-bond acceptors (Lipinski definition) is 0. The number of allylic oxidation sites excluding steroid dienone is 4. The standard InChI is InChI=1S/C16H22N.C11H19Si.2ClH.Zr/c1-15(2,3)11-8-7-9-13-14(11)12(10-17-13)16(4,5)6;1-8-7-11(4,12(5)6)10(3)9(8)2;;;/h7-9,17H,1-6H3;12H,1-6H3;2*1H;/q;;;;+2/p-2. The van der Waals surface area contributed by atoms with Gasteiger partial charge in [0.1, 0.15) is 0 Å². The van der Waals surface area contributed by atoms with E-state index < -0.39 is 32.0 Å². The largest absolute Gasteiger partial charge is 1.00 e. The summed E-state index contributed by atoms with van der Waals surface area (Å²) in [7, 11) is -0.890. The van der Waals surface area contributed by atoms with Crippen molar-refractivity contribution in [3.63, 3.8) is 0 Å². The fourth-order valence-electron chi connectivity index (χ4n) is 5.22. The van der Waals surface area contributed by atoms with Gasteiger partial charge >= 0.3 is 199 Å². The van der Waals surface area contributed by atoms with Gasteiger partial charge in [-0.05, 0) is 0 Å². The molecule has 1 aromatic carbocycles. The average Bonchev–Trinajstić information content (AvgIpc) is 3.06. The van der Waals surface area contributed by atoms with Crippen molar-refractivity contribution in [3.05, 3.63) is 49.3 Å². The molecule has 0 bridgehead atoms. The second kappa shape index (κ2) is 9.88. The summed E-state index contributed by atoms with van der Waals surface area (Å²) in [6.07, 6.45) is 0. The third kappa shape index (κ3) is 4.84. The summed E-state index contributed by atoms with van der Waals surface area (Å²) in [6, 6.07) is 6.88. The number of nitrogens with one attached hydrogen (secondary N) is 1. The van der Waals surface area contributed by atoms with Crippen LogP contribution in [0.1, 0.15) is 80.4 Å². The minimum atomic E-state index is -0.971. The Labute approximate surface area is 222 Å². The van der Waals surface area contributed by atoms with Crippen molar-refractivity contribution >= 4 is 23.1 Å². The zero-order chi connectivity index (χ0) is 22.8. The van der Waals surface area contributed by atoms with E-state index in [0.29, 0.717) is 5.04 Å². The Bertz CT molecular complexity index is 1060. The predicted molar refractivity (Wildman–Crippen MR) is 134 cm³/mol. The summed E-state index contributed by atoms with van der Waals surface area (Å²) in [5.41, 5.74) is 9.51. The topological polar surface area (TPSA) is 15.8 Å². The Kier molecular flexibility index (Phi) is 9.25. The Hall–Kier alpha value is -0.0800. The third-order valence-corrected chi connectivity index (χ3v) is 15.7. The molecule has 0 spiro atoms. The second-order valence-electron chi connectivity index (χ2n) is 11.8. The molecule has 1 N–H and O–H groups in total. The summed E-state index contributed by atoms with van der Waals surface area (Å²) in [6.45, 7) is 29.1. The molecule has 2 aromatic rings. The van der Waals surface area contributed by atoms with Crippen LogP contribution in [0.5, 0.6) is 0 Å². The first kappa shape index (κ1) is 30.0. The van der Waals surface area contributed by atoms with E-state index >= 15 is 0 Å². The summed E-state index contributed by atoms with van der Waals surface area (Å²) in [5, 5.41) is 1.84. The molecule has 1 unspecified atom stereocenters. The third-order valence-electron chi connectivity index (χ3n) is 7.59. The molecular formula is C27H41Cl2NSiZr. The fourth-order valence-corrected chi connectivity index (χ4v) is 14.3. The zero-order valence-electron chi connectivity index (χ0n) is 22.1. The van der Waals surface area contributed by atoms with E-state index in [1.165, 1.54) is 16.5 Å². The molecule has 1 atom stereocenters. The van der Waals surface area contributed by atoms with Gasteiger partial charge in [-0.25, -0.2) is 0 Å². The quantitative estimate of drug-likeness (QED) is 0.538. The Morgan fingerprint density at radius 3 is 1.91 bits per heavy atom. The molecule has 1 heterocycles. The normalized spacial score (nSPS) is 19.4. The van der Waals surface area contributed by atoms with E-state index in [9.17, 15) is 0 Å². The molecule has 5 heteroatoms. The molecule has 0 radical (unpaired) electrons. The molecule has 1 nitrogen and oxygen atoms in total. The van der Waals surface area contributed by atoms with E-state index in [0.717, 1.165) is 0 Å². The molecule has 32 heavy (non-hydrogen) atoms. The molecule has 0 amide bonds. The maximum Gasteiger partial charge on any atom is -1.00 e. The van der Waals surface area contributed by atoms with E-state index in [-0.39, 0.29) is 35.6 Å². The van der Waals surface area contributed by atoms with Gasteiger partial charge in [-0.3, -0.25) is 0 Å². The van der Waals surface area contributed by atoms with Gasteiger partial charge in [-0.2, -0.15) is 0 Å². The minimum absolute atomic E-state index is 0. The first-order valence-electron chi connectivity index (χ1n) is 11.4. The van der Waals surface area contributed by atoms with Gasteiger partial charge in [-0.1, -0.05) is 0 Å². The molecule has 0 aliphatic heterocycles. The van der Waals surface area contributed by atoms with Crippen LogP contribution >= 0.6 is 0 Å². The van der Waals surface area contributed by atoms with Crippen molar-refractivity contribution in [2.45, 2.75) is 98.2 Å². The van der Waals surface area contributed by atoms with E-state index in [4.69, 9.17) is 0 Å². The van der Waals surface area contributed by atoms with Crippen molar-refractivity contribution in [1.29, 1.82) is 0 Å². The predicted octanol–water partition coefficient (Wildman–Crippen LogP) is 1.35. The molecule has 0 saturated heterocycles. The first-order chi connectivity index (χ1) is 13.6. The SMILES string of the molecule is CC1=C(C)C(C)([SiH](C)C)[C]([Zr+2][c]2[nH]c3cccc(C(C)(C)C)c3c2C(C)(C)C)=C1C.[Cl-].[Cl-]. The summed E-state index contributed by atoms with van der Waals surface area (Å²) in [5.74, 6) is 0. The smallest absolute Gasteiger partial charge is 1.00 e. The van der Waals surface area contributed by atoms with Crippen LogP contribution < -0.4 is 28.2 Å². The first-order valence-corrected chi connectivity index (χ1v) is 16.8. The maximum atomic E-state index is 3.98. The summed E-state index contributed by atoms with van der Waals surface area (Å²) in [4.78, 5) is 3.98. The zero-order valence-corrected chi connectivity index (χ0v) is 27.2. The monoisotopic (exact) mass is 567 g/mol. The van der Waals surface area contributed by atoms with Gasteiger partial charge in [-0.15, -0.1) is 0 Å². The van der Waals surface area contributed by atoms with Crippen LogP contribution in [0.4, 0.5) is 0 Å². The van der Waals surface area contributed by atoms with Crippen LogP contribution in [0.2, 0.25) is 18.1 Å². The number of aromatic amines is 1. The molecule has 176 valence electrons. The van der Waals surface area contributed by atoms with Gasteiger partial charge in [0, 0.05) is 0 Å². The van der Waals surface area contributed by atoms with Crippen molar-refractivity contribution in [2.24, 2.45) is 0 Å². The van der Waals surface area contributed by atoms with E-state index in [1.807, 2.05) is 3.28 Å². The maximum absolute atomic E-state index is 3.98. The minimum Gasteiger partial charge on any atom is -1.00 e. The van der Waals surface area contributed by atoms with Gasteiger partial charge in [0.05, 0.1) is 0 Å². The summed E-state index contributed by atoms with van der Waals surface area (Å²) < 4.78 is 3.42. The van der Waals surface area contributed by atoms with E-state index in [2.05, 4.69) is 106 Å². The van der Waals surface area contributed by atoms with Crippen molar-refractivity contribution < 1.29 is 48.0 Å². The van der Waals surface area contributed by atoms with Crippen molar-refractivity contribution in [3.8, 4) is 0 Å². The average molecular weight is 570 g/mol.